The number of hydrazone groups is 1. The first-order valence-corrected chi connectivity index (χ1v) is 6.42. The van der Waals surface area contributed by atoms with E-state index in [1.165, 1.54) is 12.1 Å². The molecule has 2 rings (SSSR count). The third-order valence-corrected chi connectivity index (χ3v) is 2.72. The van der Waals surface area contributed by atoms with E-state index in [2.05, 4.69) is 10.5 Å². The molecule has 108 valence electrons. The fourth-order valence-corrected chi connectivity index (χ4v) is 1.60. The van der Waals surface area contributed by atoms with Crippen LogP contribution in [0.5, 0.6) is 5.75 Å². The Labute approximate surface area is 122 Å². The lowest BCUT2D eigenvalue weighted by molar-refractivity contribution is -0.123. The number of rotatable bonds is 5. The fraction of sp³-hybridized carbons (Fsp3) is 0.125. The van der Waals surface area contributed by atoms with Gasteiger partial charge in [-0.1, -0.05) is 30.3 Å². The molecule has 0 radical (unpaired) electrons. The van der Waals surface area contributed by atoms with Crippen LogP contribution < -0.4 is 10.2 Å². The molecule has 0 bridgehead atoms. The molecule has 0 spiro atoms. The maximum atomic E-state index is 12.8. The standard InChI is InChI=1S/C16H15FN2O2/c1-12(13-7-9-14(17)10-8-13)18-19-16(20)11-21-15-5-3-2-4-6-15/h2-10H,11H2,1H3,(H,19,20)/b18-12-. The van der Waals surface area contributed by atoms with Crippen molar-refractivity contribution in [3.8, 4) is 5.75 Å². The lowest BCUT2D eigenvalue weighted by Crippen LogP contribution is -2.25. The highest BCUT2D eigenvalue weighted by atomic mass is 19.1. The number of halogens is 1. The zero-order valence-electron chi connectivity index (χ0n) is 11.5. The third-order valence-electron chi connectivity index (χ3n) is 2.72. The molecule has 2 aromatic carbocycles. The van der Waals surface area contributed by atoms with Gasteiger partial charge in [-0.25, -0.2) is 9.82 Å². The molecule has 5 heteroatoms. The molecule has 0 aliphatic carbocycles. The summed E-state index contributed by atoms with van der Waals surface area (Å²) >= 11 is 0. The van der Waals surface area contributed by atoms with Crippen LogP contribution in [0.15, 0.2) is 59.7 Å². The second-order valence-corrected chi connectivity index (χ2v) is 4.34. The van der Waals surface area contributed by atoms with E-state index in [-0.39, 0.29) is 18.3 Å². The molecule has 1 amide bonds. The molecular formula is C16H15FN2O2. The Hall–Kier alpha value is -2.69. The summed E-state index contributed by atoms with van der Waals surface area (Å²) in [5.41, 5.74) is 3.72. The van der Waals surface area contributed by atoms with E-state index in [0.717, 1.165) is 5.56 Å². The largest absolute Gasteiger partial charge is 0.484 e. The second kappa shape index (κ2) is 7.19. The minimum atomic E-state index is -0.361. The van der Waals surface area contributed by atoms with Gasteiger partial charge in [-0.3, -0.25) is 4.79 Å². The van der Waals surface area contributed by atoms with Gasteiger partial charge >= 0.3 is 0 Å². The summed E-state index contributed by atoms with van der Waals surface area (Å²) in [6.45, 7) is 1.61. The van der Waals surface area contributed by atoms with Gasteiger partial charge in [0.25, 0.3) is 5.91 Å². The van der Waals surface area contributed by atoms with Crippen molar-refractivity contribution in [3.63, 3.8) is 0 Å². The van der Waals surface area contributed by atoms with Gasteiger partial charge in [0, 0.05) is 0 Å². The predicted molar refractivity (Wildman–Crippen MR) is 78.7 cm³/mol. The highest BCUT2D eigenvalue weighted by molar-refractivity contribution is 5.99. The highest BCUT2D eigenvalue weighted by Gasteiger charge is 2.03. The van der Waals surface area contributed by atoms with Crippen LogP contribution in [0.2, 0.25) is 0 Å². The van der Waals surface area contributed by atoms with Gasteiger partial charge in [0.1, 0.15) is 11.6 Å². The Bertz CT molecular complexity index is 624. The van der Waals surface area contributed by atoms with Crippen LogP contribution in [0.25, 0.3) is 0 Å². The van der Waals surface area contributed by atoms with Crippen LogP contribution in [-0.2, 0) is 4.79 Å². The first-order chi connectivity index (χ1) is 10.1. The van der Waals surface area contributed by atoms with Gasteiger partial charge in [-0.2, -0.15) is 5.10 Å². The Morgan fingerprint density at radius 2 is 1.81 bits per heavy atom. The molecule has 0 aliphatic heterocycles. The van der Waals surface area contributed by atoms with Crippen molar-refractivity contribution in [2.75, 3.05) is 6.61 Å². The topological polar surface area (TPSA) is 50.7 Å². The zero-order valence-corrected chi connectivity index (χ0v) is 11.5. The van der Waals surface area contributed by atoms with Crippen LogP contribution in [0.3, 0.4) is 0 Å². The third kappa shape index (κ3) is 4.72. The Morgan fingerprint density at radius 3 is 2.48 bits per heavy atom. The summed E-state index contributed by atoms with van der Waals surface area (Å²) in [5, 5.41) is 3.95. The lowest BCUT2D eigenvalue weighted by Gasteiger charge is -2.05. The average molecular weight is 286 g/mol. The minimum absolute atomic E-state index is 0.121. The summed E-state index contributed by atoms with van der Waals surface area (Å²) in [6, 6.07) is 14.9. The molecule has 0 aliphatic rings. The number of hydrogen-bond acceptors (Lipinski definition) is 3. The summed E-state index contributed by atoms with van der Waals surface area (Å²) in [6.07, 6.45) is 0. The van der Waals surface area contributed by atoms with Crippen LogP contribution >= 0.6 is 0 Å². The van der Waals surface area contributed by atoms with Crippen molar-refractivity contribution in [1.29, 1.82) is 0 Å². The molecule has 0 unspecified atom stereocenters. The van der Waals surface area contributed by atoms with Crippen LogP contribution in [0.1, 0.15) is 12.5 Å². The quantitative estimate of drug-likeness (QED) is 0.678. The minimum Gasteiger partial charge on any atom is -0.484 e. The molecule has 0 saturated heterocycles. The average Bonchev–Trinajstić information content (AvgIpc) is 2.52. The van der Waals surface area contributed by atoms with E-state index < -0.39 is 0 Å². The maximum Gasteiger partial charge on any atom is 0.277 e. The van der Waals surface area contributed by atoms with Crippen LogP contribution in [0.4, 0.5) is 4.39 Å². The number of carbonyl (C=O) groups excluding carboxylic acids is 1. The first kappa shape index (κ1) is 14.7. The SMILES string of the molecule is C/C(=N/NC(=O)COc1ccccc1)c1ccc(F)cc1. The monoisotopic (exact) mass is 286 g/mol. The van der Waals surface area contributed by atoms with Gasteiger partial charge in [-0.05, 0) is 36.8 Å². The lowest BCUT2D eigenvalue weighted by atomic mass is 10.1. The molecule has 2 aromatic rings. The number of carbonyl (C=O) groups is 1. The Morgan fingerprint density at radius 1 is 1.14 bits per heavy atom. The molecule has 21 heavy (non-hydrogen) atoms. The van der Waals surface area contributed by atoms with Gasteiger partial charge in [0.05, 0.1) is 5.71 Å². The predicted octanol–water partition coefficient (Wildman–Crippen LogP) is 2.74. The summed E-state index contributed by atoms with van der Waals surface area (Å²) in [4.78, 5) is 11.6. The zero-order chi connectivity index (χ0) is 15.1. The van der Waals surface area contributed by atoms with Crippen molar-refractivity contribution in [3.05, 3.63) is 66.0 Å². The van der Waals surface area contributed by atoms with E-state index in [0.29, 0.717) is 11.5 Å². The smallest absolute Gasteiger partial charge is 0.277 e. The van der Waals surface area contributed by atoms with E-state index in [9.17, 15) is 9.18 Å². The number of nitrogens with zero attached hydrogens (tertiary/aromatic N) is 1. The number of amides is 1. The highest BCUT2D eigenvalue weighted by Crippen LogP contribution is 2.07. The number of benzene rings is 2. The number of ether oxygens (including phenoxy) is 1. The van der Waals surface area contributed by atoms with Crippen LogP contribution in [-0.4, -0.2) is 18.2 Å². The number of nitrogens with one attached hydrogen (secondary N) is 1. The van der Waals surface area contributed by atoms with Gasteiger partial charge < -0.3 is 4.74 Å². The van der Waals surface area contributed by atoms with Crippen molar-refractivity contribution in [2.24, 2.45) is 5.10 Å². The van der Waals surface area contributed by atoms with Crippen molar-refractivity contribution in [2.45, 2.75) is 6.92 Å². The summed E-state index contributed by atoms with van der Waals surface area (Å²) in [5.74, 6) is -0.0564. The van der Waals surface area contributed by atoms with Gasteiger partial charge in [0.2, 0.25) is 0 Å². The summed E-state index contributed by atoms with van der Waals surface area (Å²) < 4.78 is 18.1. The molecule has 0 atom stereocenters. The maximum absolute atomic E-state index is 12.8. The second-order valence-electron chi connectivity index (χ2n) is 4.34. The molecule has 0 heterocycles. The van der Waals surface area contributed by atoms with Gasteiger partial charge in [-0.15, -0.1) is 0 Å². The van der Waals surface area contributed by atoms with E-state index >= 15 is 0 Å². The van der Waals surface area contributed by atoms with E-state index in [4.69, 9.17) is 4.74 Å². The first-order valence-electron chi connectivity index (χ1n) is 6.42. The van der Waals surface area contributed by atoms with Crippen LogP contribution in [0, 0.1) is 5.82 Å². The molecule has 4 nitrogen and oxygen atoms in total. The summed E-state index contributed by atoms with van der Waals surface area (Å²) in [7, 11) is 0. The molecule has 0 fully saturated rings. The molecular weight excluding hydrogens is 271 g/mol. The van der Waals surface area contributed by atoms with Crippen molar-refractivity contribution < 1.29 is 13.9 Å². The normalized spacial score (nSPS) is 11.0. The molecule has 1 N–H and O–H groups in total. The molecule has 0 aromatic heterocycles. The Kier molecular flexibility index (Phi) is 5.04. The van der Waals surface area contributed by atoms with E-state index in [1.54, 1.807) is 31.2 Å². The van der Waals surface area contributed by atoms with E-state index in [1.807, 2.05) is 18.2 Å². The van der Waals surface area contributed by atoms with Crippen molar-refractivity contribution in [1.82, 2.24) is 5.43 Å². The Balaban J connectivity index is 1.85. The molecule has 0 saturated carbocycles. The number of hydrogen-bond donors (Lipinski definition) is 1. The van der Waals surface area contributed by atoms with Gasteiger partial charge in [0.15, 0.2) is 6.61 Å². The fourth-order valence-electron chi connectivity index (χ4n) is 1.60. The van der Waals surface area contributed by atoms with Crippen molar-refractivity contribution >= 4 is 11.6 Å². The number of para-hydroxylation sites is 1.